The highest BCUT2D eigenvalue weighted by Gasteiger charge is 2.25. The quantitative estimate of drug-likeness (QED) is 0.494. The van der Waals surface area contributed by atoms with Gasteiger partial charge in [-0.1, -0.05) is 36.7 Å². The lowest BCUT2D eigenvalue weighted by atomic mass is 9.86. The predicted octanol–water partition coefficient (Wildman–Crippen LogP) is 5.16. The summed E-state index contributed by atoms with van der Waals surface area (Å²) in [5, 5.41) is 9.35. The number of carbonyl (C=O) groups is 1. The fourth-order valence-corrected chi connectivity index (χ4v) is 2.42. The van der Waals surface area contributed by atoms with Crippen LogP contribution in [0.2, 0.25) is 0 Å². The summed E-state index contributed by atoms with van der Waals surface area (Å²) in [7, 11) is 0. The van der Waals surface area contributed by atoms with E-state index < -0.39 is 5.41 Å². The van der Waals surface area contributed by atoms with Gasteiger partial charge in [-0.15, -0.1) is 0 Å². The van der Waals surface area contributed by atoms with E-state index in [4.69, 9.17) is 9.47 Å². The second-order valence-corrected chi connectivity index (χ2v) is 7.52. The summed E-state index contributed by atoms with van der Waals surface area (Å²) in [6.45, 7) is 11.6. The molecule has 0 unspecified atom stereocenters. The third kappa shape index (κ3) is 5.38. The summed E-state index contributed by atoms with van der Waals surface area (Å²) in [4.78, 5) is 12.4. The van der Waals surface area contributed by atoms with E-state index in [-0.39, 0.29) is 17.5 Å². The minimum Gasteiger partial charge on any atom is -0.490 e. The largest absolute Gasteiger partial charge is 0.490 e. The smallest absolute Gasteiger partial charge is 0.178 e. The van der Waals surface area contributed by atoms with E-state index in [1.54, 1.807) is 39.0 Å². The van der Waals surface area contributed by atoms with Crippen LogP contribution in [0.3, 0.4) is 0 Å². The molecule has 5 heteroatoms. The molecule has 1 aromatic rings. The van der Waals surface area contributed by atoms with Crippen LogP contribution in [0, 0.1) is 16.7 Å². The minimum atomic E-state index is -0.614. The summed E-state index contributed by atoms with van der Waals surface area (Å²) in [6.07, 6.45) is 1.59. The zero-order valence-electron chi connectivity index (χ0n) is 15.1. The first-order valence-corrected chi connectivity index (χ1v) is 8.69. The number of allylic oxidation sites excluding steroid dienone is 1. The maximum absolute atomic E-state index is 12.4. The Kier molecular flexibility index (Phi) is 7.04. The maximum Gasteiger partial charge on any atom is 0.178 e. The Morgan fingerprint density at radius 2 is 1.96 bits per heavy atom. The molecular weight excluding hydrogens is 370 g/mol. The lowest BCUT2D eigenvalue weighted by Crippen LogP contribution is -2.21. The molecule has 0 atom stereocenters. The number of nitrogens with zero attached hydrogens (tertiary/aromatic N) is 1. The standard InChI is InChI=1S/C19H24BrNO3/c1-7-23-16-9-13(15(20)10-17(16)24-12(2)3)8-14(11-21)18(22)19(4,5)6/h8-10,12H,7H2,1-6H3. The van der Waals surface area contributed by atoms with Gasteiger partial charge in [0, 0.05) is 9.89 Å². The van der Waals surface area contributed by atoms with Crippen LogP contribution in [-0.2, 0) is 4.79 Å². The first-order chi connectivity index (χ1) is 11.1. The molecule has 130 valence electrons. The van der Waals surface area contributed by atoms with Crippen molar-refractivity contribution in [3.63, 3.8) is 0 Å². The van der Waals surface area contributed by atoms with Crippen molar-refractivity contribution in [3.8, 4) is 17.6 Å². The van der Waals surface area contributed by atoms with Crippen molar-refractivity contribution < 1.29 is 14.3 Å². The second-order valence-electron chi connectivity index (χ2n) is 6.67. The number of Topliss-reactive ketones (excluding diaryl/α,β-unsaturated/α-hetero) is 1. The first kappa shape index (κ1) is 20.2. The van der Waals surface area contributed by atoms with E-state index in [1.165, 1.54) is 0 Å². The van der Waals surface area contributed by atoms with Crippen LogP contribution in [0.4, 0.5) is 0 Å². The lowest BCUT2D eigenvalue weighted by molar-refractivity contribution is -0.121. The van der Waals surface area contributed by atoms with E-state index in [2.05, 4.69) is 15.9 Å². The summed E-state index contributed by atoms with van der Waals surface area (Å²) < 4.78 is 12.1. The van der Waals surface area contributed by atoms with Crippen LogP contribution in [-0.4, -0.2) is 18.5 Å². The summed E-state index contributed by atoms with van der Waals surface area (Å²) in [6, 6.07) is 5.58. The molecule has 1 rings (SSSR count). The number of halogens is 1. The van der Waals surface area contributed by atoms with Gasteiger partial charge in [0.25, 0.3) is 0 Å². The number of nitriles is 1. The summed E-state index contributed by atoms with van der Waals surface area (Å²) in [5.41, 5.74) is 0.198. The molecule has 24 heavy (non-hydrogen) atoms. The molecule has 0 saturated carbocycles. The zero-order chi connectivity index (χ0) is 18.5. The van der Waals surface area contributed by atoms with Crippen molar-refractivity contribution in [2.45, 2.75) is 47.6 Å². The SMILES string of the molecule is CCOc1cc(C=C(C#N)C(=O)C(C)(C)C)c(Br)cc1OC(C)C. The summed E-state index contributed by atoms with van der Waals surface area (Å²) in [5.74, 6) is 1.01. The normalized spacial score (nSPS) is 12.0. The van der Waals surface area contributed by atoms with E-state index in [1.807, 2.05) is 26.8 Å². The number of carbonyl (C=O) groups excluding carboxylic acids is 1. The number of benzene rings is 1. The van der Waals surface area contributed by atoms with Gasteiger partial charge in [-0.2, -0.15) is 5.26 Å². The number of rotatable bonds is 6. The Morgan fingerprint density at radius 1 is 1.33 bits per heavy atom. The molecule has 0 bridgehead atoms. The van der Waals surface area contributed by atoms with Gasteiger partial charge in [-0.05, 0) is 44.5 Å². The van der Waals surface area contributed by atoms with Gasteiger partial charge in [0.15, 0.2) is 17.3 Å². The van der Waals surface area contributed by atoms with Crippen molar-refractivity contribution >= 4 is 27.8 Å². The molecule has 4 nitrogen and oxygen atoms in total. The predicted molar refractivity (Wildman–Crippen MR) is 99.1 cm³/mol. The maximum atomic E-state index is 12.4. The lowest BCUT2D eigenvalue weighted by Gasteiger charge is -2.17. The number of ether oxygens (including phenoxy) is 2. The van der Waals surface area contributed by atoms with Crippen molar-refractivity contribution in [1.29, 1.82) is 5.26 Å². The number of ketones is 1. The van der Waals surface area contributed by atoms with Gasteiger partial charge in [-0.25, -0.2) is 0 Å². The molecule has 0 spiro atoms. The highest BCUT2D eigenvalue weighted by atomic mass is 79.9. The molecule has 0 saturated heterocycles. The molecule has 1 aromatic carbocycles. The Bertz CT molecular complexity index is 679. The van der Waals surface area contributed by atoms with Gasteiger partial charge in [-0.3, -0.25) is 4.79 Å². The molecule has 0 amide bonds. The molecule has 0 N–H and O–H groups in total. The molecule has 0 aliphatic carbocycles. The average Bonchev–Trinajstić information content (AvgIpc) is 2.46. The fraction of sp³-hybridized carbons (Fsp3) is 0.474. The molecule has 0 fully saturated rings. The Morgan fingerprint density at radius 3 is 2.42 bits per heavy atom. The minimum absolute atomic E-state index is 0.00892. The van der Waals surface area contributed by atoms with Gasteiger partial charge in [0.2, 0.25) is 0 Å². The molecular formula is C19H24BrNO3. The Labute approximate surface area is 152 Å². The van der Waals surface area contributed by atoms with Gasteiger partial charge >= 0.3 is 0 Å². The molecule has 0 aliphatic heterocycles. The van der Waals surface area contributed by atoms with E-state index in [0.717, 1.165) is 4.47 Å². The molecule has 0 aliphatic rings. The Hall–Kier alpha value is -1.80. The Balaban J connectivity index is 3.38. The van der Waals surface area contributed by atoms with Gasteiger partial charge < -0.3 is 9.47 Å². The van der Waals surface area contributed by atoms with Crippen LogP contribution in [0.25, 0.3) is 6.08 Å². The van der Waals surface area contributed by atoms with Crippen molar-refractivity contribution in [2.75, 3.05) is 6.61 Å². The van der Waals surface area contributed by atoms with E-state index in [9.17, 15) is 10.1 Å². The van der Waals surface area contributed by atoms with Crippen LogP contribution >= 0.6 is 15.9 Å². The third-order valence-corrected chi connectivity index (χ3v) is 3.76. The van der Waals surface area contributed by atoms with E-state index >= 15 is 0 Å². The van der Waals surface area contributed by atoms with Crippen LogP contribution in [0.15, 0.2) is 22.2 Å². The first-order valence-electron chi connectivity index (χ1n) is 7.89. The third-order valence-electron chi connectivity index (χ3n) is 3.07. The molecule has 0 aromatic heterocycles. The zero-order valence-corrected chi connectivity index (χ0v) is 16.7. The van der Waals surface area contributed by atoms with Crippen LogP contribution in [0.5, 0.6) is 11.5 Å². The average molecular weight is 394 g/mol. The van der Waals surface area contributed by atoms with Crippen molar-refractivity contribution in [3.05, 3.63) is 27.7 Å². The monoisotopic (exact) mass is 393 g/mol. The van der Waals surface area contributed by atoms with E-state index in [0.29, 0.717) is 23.7 Å². The van der Waals surface area contributed by atoms with Crippen molar-refractivity contribution in [1.82, 2.24) is 0 Å². The highest BCUT2D eigenvalue weighted by Crippen LogP contribution is 2.36. The van der Waals surface area contributed by atoms with Gasteiger partial charge in [0.05, 0.1) is 18.3 Å². The number of hydrogen-bond acceptors (Lipinski definition) is 4. The highest BCUT2D eigenvalue weighted by molar-refractivity contribution is 9.10. The topological polar surface area (TPSA) is 59.3 Å². The second kappa shape index (κ2) is 8.34. The van der Waals surface area contributed by atoms with Crippen molar-refractivity contribution in [2.24, 2.45) is 5.41 Å². The fourth-order valence-electron chi connectivity index (χ4n) is 1.98. The molecule has 0 radical (unpaired) electrons. The summed E-state index contributed by atoms with van der Waals surface area (Å²) >= 11 is 3.48. The van der Waals surface area contributed by atoms with Crippen LogP contribution in [0.1, 0.15) is 47.1 Å². The van der Waals surface area contributed by atoms with Crippen LogP contribution < -0.4 is 9.47 Å². The molecule has 0 heterocycles. The number of hydrogen-bond donors (Lipinski definition) is 0. The van der Waals surface area contributed by atoms with Gasteiger partial charge in [0.1, 0.15) is 6.07 Å².